The Kier molecular flexibility index (Phi) is 4.65. The number of aryl methyl sites for hydroxylation is 2. The molecule has 2 heterocycles. The van der Waals surface area contributed by atoms with Crippen LogP contribution in [0.5, 0.6) is 0 Å². The van der Waals surface area contributed by atoms with E-state index in [9.17, 15) is 4.79 Å². The number of hydrogen-bond acceptors (Lipinski definition) is 5. The molecule has 2 aromatic carbocycles. The van der Waals surface area contributed by atoms with Crippen molar-refractivity contribution in [1.29, 1.82) is 0 Å². The number of fused-ring (bicyclic) bond motifs is 1. The van der Waals surface area contributed by atoms with Gasteiger partial charge in [-0.25, -0.2) is 9.78 Å². The number of nitrogens with zero attached hydrogens (tertiary/aromatic N) is 2. The molecule has 0 fully saturated rings. The molecule has 0 saturated heterocycles. The zero-order chi connectivity index (χ0) is 19.7. The molecule has 0 atom stereocenters. The molecule has 0 aliphatic heterocycles. The van der Waals surface area contributed by atoms with E-state index in [0.29, 0.717) is 11.3 Å². The van der Waals surface area contributed by atoms with Crippen molar-refractivity contribution >= 4 is 16.9 Å². The van der Waals surface area contributed by atoms with Gasteiger partial charge in [0.15, 0.2) is 0 Å². The van der Waals surface area contributed by atoms with E-state index in [4.69, 9.17) is 14.2 Å². The van der Waals surface area contributed by atoms with Crippen LogP contribution in [0.3, 0.4) is 0 Å². The molecule has 0 saturated carbocycles. The van der Waals surface area contributed by atoms with Gasteiger partial charge in [-0.15, -0.1) is 0 Å². The van der Waals surface area contributed by atoms with Crippen molar-refractivity contribution in [2.75, 3.05) is 0 Å². The van der Waals surface area contributed by atoms with Crippen LogP contribution in [0, 0.1) is 20.8 Å². The summed E-state index contributed by atoms with van der Waals surface area (Å²) in [5.74, 6) is 0.278. The van der Waals surface area contributed by atoms with E-state index in [1.807, 2.05) is 75.4 Å². The second-order valence-electron chi connectivity index (χ2n) is 6.72. The number of benzene rings is 2. The fraction of sp³-hybridized carbons (Fsp3) is 0.174. The molecule has 0 aliphatic carbocycles. The smallest absolute Gasteiger partial charge is 0.339 e. The number of carbonyl (C=O) groups excluding carboxylic acids is 1. The Bertz CT molecular complexity index is 1140. The fourth-order valence-electron chi connectivity index (χ4n) is 3.37. The molecule has 140 valence electrons. The summed E-state index contributed by atoms with van der Waals surface area (Å²) in [4.78, 5) is 17.9. The lowest BCUT2D eigenvalue weighted by molar-refractivity contribution is 0.0472. The first-order valence-electron chi connectivity index (χ1n) is 9.10. The Labute approximate surface area is 163 Å². The lowest BCUT2D eigenvalue weighted by Crippen LogP contribution is -2.10. The van der Waals surface area contributed by atoms with Crippen molar-refractivity contribution in [3.63, 3.8) is 0 Å². The van der Waals surface area contributed by atoms with Gasteiger partial charge >= 0.3 is 5.97 Å². The summed E-state index contributed by atoms with van der Waals surface area (Å²) in [5, 5.41) is 4.69. The first-order valence-corrected chi connectivity index (χ1v) is 9.10. The maximum Gasteiger partial charge on any atom is 0.339 e. The summed E-state index contributed by atoms with van der Waals surface area (Å²) in [6.07, 6.45) is 0. The summed E-state index contributed by atoms with van der Waals surface area (Å²) in [6, 6.07) is 17.5. The zero-order valence-corrected chi connectivity index (χ0v) is 16.0. The molecule has 28 heavy (non-hydrogen) atoms. The van der Waals surface area contributed by atoms with E-state index >= 15 is 0 Å². The van der Waals surface area contributed by atoms with Crippen molar-refractivity contribution in [2.45, 2.75) is 27.4 Å². The highest BCUT2D eigenvalue weighted by Crippen LogP contribution is 2.30. The van der Waals surface area contributed by atoms with E-state index in [1.165, 1.54) is 0 Å². The first-order chi connectivity index (χ1) is 13.6. The van der Waals surface area contributed by atoms with Gasteiger partial charge in [0.2, 0.25) is 0 Å². The predicted octanol–water partition coefficient (Wildman–Crippen LogP) is 5.17. The molecule has 0 amide bonds. The molecule has 0 unspecified atom stereocenters. The summed E-state index contributed by atoms with van der Waals surface area (Å²) >= 11 is 0. The van der Waals surface area contributed by atoms with Crippen LogP contribution < -0.4 is 0 Å². The molecule has 0 radical (unpaired) electrons. The van der Waals surface area contributed by atoms with Gasteiger partial charge in [0.1, 0.15) is 12.4 Å². The van der Waals surface area contributed by atoms with Gasteiger partial charge in [-0.1, -0.05) is 53.7 Å². The number of esters is 1. The summed E-state index contributed by atoms with van der Waals surface area (Å²) in [5.41, 5.74) is 5.37. The largest absolute Gasteiger partial charge is 0.457 e. The minimum Gasteiger partial charge on any atom is -0.457 e. The van der Waals surface area contributed by atoms with E-state index in [2.05, 4.69) is 5.16 Å². The molecule has 4 aromatic rings. The molecule has 0 spiro atoms. The monoisotopic (exact) mass is 372 g/mol. The average molecular weight is 372 g/mol. The molecule has 5 heteroatoms. The van der Waals surface area contributed by atoms with Crippen LogP contribution in [0.2, 0.25) is 0 Å². The Morgan fingerprint density at radius 1 is 1.00 bits per heavy atom. The molecule has 2 aromatic heterocycles. The number of hydrogen-bond donors (Lipinski definition) is 0. The third-order valence-corrected chi connectivity index (χ3v) is 4.92. The van der Waals surface area contributed by atoms with Crippen molar-refractivity contribution in [1.82, 2.24) is 10.1 Å². The molecule has 0 bridgehead atoms. The highest BCUT2D eigenvalue weighted by Gasteiger charge is 2.21. The Morgan fingerprint density at radius 2 is 1.71 bits per heavy atom. The normalized spacial score (nSPS) is 11.0. The molecular formula is C23H20N2O3. The second kappa shape index (κ2) is 7.27. The molecule has 0 N–H and O–H groups in total. The third-order valence-electron chi connectivity index (χ3n) is 4.92. The van der Waals surface area contributed by atoms with Crippen molar-refractivity contribution < 1.29 is 14.1 Å². The van der Waals surface area contributed by atoms with Crippen LogP contribution >= 0.6 is 0 Å². The lowest BCUT2D eigenvalue weighted by atomic mass is 9.98. The van der Waals surface area contributed by atoms with Gasteiger partial charge in [-0.3, -0.25) is 0 Å². The maximum atomic E-state index is 13.1. The van der Waals surface area contributed by atoms with Gasteiger partial charge in [-0.05, 0) is 32.4 Å². The van der Waals surface area contributed by atoms with Gasteiger partial charge in [-0.2, -0.15) is 0 Å². The average Bonchev–Trinajstić information content (AvgIpc) is 3.04. The molecule has 5 nitrogen and oxygen atoms in total. The van der Waals surface area contributed by atoms with Crippen LogP contribution in [0.4, 0.5) is 0 Å². The van der Waals surface area contributed by atoms with E-state index in [0.717, 1.165) is 39.0 Å². The molecule has 4 rings (SSSR count). The van der Waals surface area contributed by atoms with Crippen LogP contribution in [0.1, 0.15) is 32.9 Å². The quantitative estimate of drug-likeness (QED) is 0.462. The fourth-order valence-corrected chi connectivity index (χ4v) is 3.37. The Hall–Kier alpha value is -3.47. The highest BCUT2D eigenvalue weighted by molar-refractivity contribution is 6.06. The number of carbonyl (C=O) groups is 1. The van der Waals surface area contributed by atoms with Gasteiger partial charge < -0.3 is 9.26 Å². The van der Waals surface area contributed by atoms with Crippen LogP contribution in [0.15, 0.2) is 59.1 Å². The molecular weight excluding hydrogens is 352 g/mol. The minimum absolute atomic E-state index is 0.122. The van der Waals surface area contributed by atoms with Crippen LogP contribution in [0.25, 0.3) is 22.2 Å². The van der Waals surface area contributed by atoms with Gasteiger partial charge in [0, 0.05) is 10.9 Å². The third kappa shape index (κ3) is 3.16. The van der Waals surface area contributed by atoms with Gasteiger partial charge in [0.05, 0.1) is 28.0 Å². The maximum absolute atomic E-state index is 13.1. The Morgan fingerprint density at radius 3 is 2.43 bits per heavy atom. The number of aromatic nitrogens is 2. The number of ether oxygens (including phenoxy) is 1. The zero-order valence-electron chi connectivity index (χ0n) is 16.0. The van der Waals surface area contributed by atoms with E-state index in [1.54, 1.807) is 0 Å². The van der Waals surface area contributed by atoms with E-state index in [-0.39, 0.29) is 12.6 Å². The molecule has 0 aliphatic rings. The van der Waals surface area contributed by atoms with Crippen molar-refractivity contribution in [3.05, 3.63) is 82.7 Å². The van der Waals surface area contributed by atoms with Crippen molar-refractivity contribution in [2.24, 2.45) is 0 Å². The minimum atomic E-state index is -0.381. The number of para-hydroxylation sites is 1. The van der Waals surface area contributed by atoms with Crippen LogP contribution in [-0.2, 0) is 11.3 Å². The summed E-state index contributed by atoms with van der Waals surface area (Å²) < 4.78 is 10.8. The summed E-state index contributed by atoms with van der Waals surface area (Å²) in [7, 11) is 0. The number of pyridine rings is 1. The van der Waals surface area contributed by atoms with E-state index < -0.39 is 0 Å². The number of rotatable bonds is 4. The predicted molar refractivity (Wildman–Crippen MR) is 107 cm³/mol. The topological polar surface area (TPSA) is 65.2 Å². The summed E-state index contributed by atoms with van der Waals surface area (Å²) in [6.45, 7) is 5.68. The Balaban J connectivity index is 1.79. The SMILES string of the molecule is Cc1noc(C)c1COC(=O)c1c(C)c(-c2ccccc2)nc2ccccc12. The van der Waals surface area contributed by atoms with Crippen molar-refractivity contribution in [3.8, 4) is 11.3 Å². The second-order valence-corrected chi connectivity index (χ2v) is 6.72. The standard InChI is InChI=1S/C23H20N2O3/c1-14-21(23(26)27-13-19-15(2)25-28-16(19)3)18-11-7-8-12-20(18)24-22(14)17-9-5-4-6-10-17/h4-12H,13H2,1-3H3. The van der Waals surface area contributed by atoms with Gasteiger partial charge in [0.25, 0.3) is 0 Å². The van der Waals surface area contributed by atoms with Crippen LogP contribution in [-0.4, -0.2) is 16.1 Å². The highest BCUT2D eigenvalue weighted by atomic mass is 16.5. The first kappa shape index (κ1) is 17.9. The lowest BCUT2D eigenvalue weighted by Gasteiger charge is -2.14.